The fourth-order valence-corrected chi connectivity index (χ4v) is 7.38. The van der Waals surface area contributed by atoms with Crippen LogP contribution in [0.4, 0.5) is 0 Å². The lowest BCUT2D eigenvalue weighted by molar-refractivity contribution is -0.241. The predicted octanol–water partition coefficient (Wildman–Crippen LogP) is 0.836. The van der Waals surface area contributed by atoms with Crippen LogP contribution >= 0.6 is 0 Å². The zero-order valence-corrected chi connectivity index (χ0v) is 36.5. The van der Waals surface area contributed by atoms with Crippen LogP contribution < -0.4 is 32.3 Å². The molecule has 2 aliphatic heterocycles. The van der Waals surface area contributed by atoms with Crippen molar-refractivity contribution >= 4 is 41.4 Å². The minimum atomic E-state index is -2.45. The Labute approximate surface area is 358 Å². The van der Waals surface area contributed by atoms with Crippen LogP contribution in [0.1, 0.15) is 106 Å². The van der Waals surface area contributed by atoms with Crippen LogP contribution in [-0.2, 0) is 47.8 Å². The van der Waals surface area contributed by atoms with Gasteiger partial charge < -0.3 is 56.7 Å². The Bertz CT molecular complexity index is 1630. The molecule has 2 heterocycles. The number of ether oxygens (including phenoxy) is 3. The standard InChI is InChI=1S/C43H68N6O12/c1-24(2)20-32-39(55)49-37(25(3)4)40(56)46-28-16-18-34(51)30(22-28)41(57)61-43(7)42(58)48-31(17-19-35(44)52)38(54)45-27(6)33(50)15-13-11-9-8-10-12-14-29(21-26(5)60-43)59-23-36(53)47-32/h8-13,24-34,37,50-51H,14-23H2,1-7H3,(H2,44,52)(H,45,54)(H,46,56)(H,47,53)(H,48,58)(H,49,55). The second kappa shape index (κ2) is 24.1. The summed E-state index contributed by atoms with van der Waals surface area (Å²) in [5.41, 5.74) is 5.41. The molecule has 1 saturated carbocycles. The van der Waals surface area contributed by atoms with Gasteiger partial charge in [-0.3, -0.25) is 33.6 Å². The number of nitrogens with two attached hydrogens (primary N) is 1. The summed E-state index contributed by atoms with van der Waals surface area (Å²) < 4.78 is 18.2. The van der Waals surface area contributed by atoms with Crippen molar-refractivity contribution in [2.45, 2.75) is 167 Å². The second-order valence-electron chi connectivity index (χ2n) is 17.2. The van der Waals surface area contributed by atoms with Gasteiger partial charge in [0.25, 0.3) is 11.7 Å². The molecule has 1 aliphatic carbocycles. The molecule has 18 nitrogen and oxygen atoms in total. The molecule has 18 heteroatoms. The number of aliphatic hydroxyl groups is 2. The van der Waals surface area contributed by atoms with Crippen LogP contribution in [0.5, 0.6) is 0 Å². The van der Waals surface area contributed by atoms with Gasteiger partial charge in [-0.05, 0) is 77.0 Å². The summed E-state index contributed by atoms with van der Waals surface area (Å²) in [5, 5.41) is 35.5. The molecule has 6 amide bonds. The molecule has 0 aromatic heterocycles. The third-order valence-corrected chi connectivity index (χ3v) is 10.9. The maximum atomic E-state index is 14.3. The highest BCUT2D eigenvalue weighted by Gasteiger charge is 2.46. The Morgan fingerprint density at radius 3 is 2.11 bits per heavy atom. The van der Waals surface area contributed by atoms with E-state index in [0.29, 0.717) is 6.42 Å². The van der Waals surface area contributed by atoms with Gasteiger partial charge in [-0.15, -0.1) is 0 Å². The number of allylic oxidation sites excluding steroid dienone is 4. The Morgan fingerprint density at radius 1 is 0.820 bits per heavy atom. The van der Waals surface area contributed by atoms with E-state index in [2.05, 4.69) is 26.6 Å². The van der Waals surface area contributed by atoms with Crippen LogP contribution in [0.15, 0.2) is 36.5 Å². The average Bonchev–Trinajstić information content (AvgIpc) is 3.17. The minimum absolute atomic E-state index is 0.00577. The largest absolute Gasteiger partial charge is 0.423 e. The highest BCUT2D eigenvalue weighted by molar-refractivity contribution is 5.93. The van der Waals surface area contributed by atoms with Crippen LogP contribution in [0.2, 0.25) is 0 Å². The van der Waals surface area contributed by atoms with E-state index in [-0.39, 0.29) is 63.2 Å². The van der Waals surface area contributed by atoms with Gasteiger partial charge in [-0.1, -0.05) is 64.2 Å². The first-order valence-corrected chi connectivity index (χ1v) is 21.3. The van der Waals surface area contributed by atoms with Crippen molar-refractivity contribution in [2.24, 2.45) is 23.5 Å². The zero-order valence-electron chi connectivity index (χ0n) is 36.5. The Balaban J connectivity index is 2.12. The number of rotatable bonds is 6. The number of primary amides is 1. The van der Waals surface area contributed by atoms with E-state index >= 15 is 0 Å². The molecule has 0 aromatic carbocycles. The number of carbonyl (C=O) groups excluding carboxylic acids is 7. The number of nitrogens with one attached hydrogen (secondary N) is 5. The molecule has 0 aromatic rings. The van der Waals surface area contributed by atoms with Gasteiger partial charge in [0.2, 0.25) is 29.5 Å². The Hall–Kier alpha value is -4.65. The highest BCUT2D eigenvalue weighted by Crippen LogP contribution is 2.30. The summed E-state index contributed by atoms with van der Waals surface area (Å²) in [6, 6.07) is -4.83. The molecule has 342 valence electrons. The predicted molar refractivity (Wildman–Crippen MR) is 223 cm³/mol. The first-order valence-electron chi connectivity index (χ1n) is 21.3. The maximum absolute atomic E-state index is 14.3. The van der Waals surface area contributed by atoms with E-state index in [1.807, 2.05) is 13.8 Å². The smallest absolute Gasteiger partial charge is 0.314 e. The summed E-state index contributed by atoms with van der Waals surface area (Å²) in [5.74, 6) is -9.32. The Morgan fingerprint density at radius 2 is 1.48 bits per heavy atom. The van der Waals surface area contributed by atoms with Crippen molar-refractivity contribution in [3.8, 4) is 0 Å². The number of carbonyl (C=O) groups is 7. The van der Waals surface area contributed by atoms with Gasteiger partial charge in [-0.25, -0.2) is 0 Å². The van der Waals surface area contributed by atoms with E-state index in [4.69, 9.17) is 19.9 Å². The van der Waals surface area contributed by atoms with Crippen LogP contribution in [-0.4, -0.2) is 119 Å². The number of amides is 6. The lowest BCUT2D eigenvalue weighted by atomic mass is 9.83. The second-order valence-corrected chi connectivity index (χ2v) is 17.2. The van der Waals surface area contributed by atoms with Crippen molar-refractivity contribution in [2.75, 3.05) is 6.61 Å². The molecule has 3 aliphatic rings. The molecule has 3 rings (SSSR count). The maximum Gasteiger partial charge on any atom is 0.314 e. The minimum Gasteiger partial charge on any atom is -0.423 e. The van der Waals surface area contributed by atoms with Gasteiger partial charge in [0.1, 0.15) is 24.7 Å². The molecular formula is C43H68N6O12. The summed E-state index contributed by atoms with van der Waals surface area (Å²) in [6.45, 7) is 11.2. The van der Waals surface area contributed by atoms with E-state index in [0.717, 1.165) is 0 Å². The SMILES string of the molecule is CC(C)CC1NC(=O)COC2CC=CC=CC=CCC(O)C(C)NC(=O)C(CCC(N)=O)NC(=O)C(C)(OC(=O)C3CC(CCC3O)NC(=O)C(C(C)C)NC1=O)OC(C)C2. The molecule has 61 heavy (non-hydrogen) atoms. The van der Waals surface area contributed by atoms with Crippen LogP contribution in [0.3, 0.4) is 0 Å². The molecule has 9 N–H and O–H groups in total. The summed E-state index contributed by atoms with van der Waals surface area (Å²) in [6.07, 6.45) is 7.07. The third-order valence-electron chi connectivity index (χ3n) is 10.9. The monoisotopic (exact) mass is 860 g/mol. The number of esters is 1. The summed E-state index contributed by atoms with van der Waals surface area (Å²) >= 11 is 0. The fraction of sp³-hybridized carbons (Fsp3) is 0.698. The van der Waals surface area contributed by atoms with E-state index in [9.17, 15) is 43.8 Å². The molecule has 1 saturated heterocycles. The number of aliphatic hydroxyl groups excluding tert-OH is 2. The normalized spacial score (nSPS) is 33.6. The lowest BCUT2D eigenvalue weighted by Gasteiger charge is -2.37. The molecule has 11 unspecified atom stereocenters. The van der Waals surface area contributed by atoms with Crippen LogP contribution in [0.25, 0.3) is 0 Å². The van der Waals surface area contributed by atoms with Gasteiger partial charge >= 0.3 is 5.97 Å². The summed E-state index contributed by atoms with van der Waals surface area (Å²) in [7, 11) is 0. The number of fused-ring (bicyclic) bond motifs is 6. The van der Waals surface area contributed by atoms with Crippen LogP contribution in [0, 0.1) is 17.8 Å². The third kappa shape index (κ3) is 16.6. The number of hydrogen-bond donors (Lipinski definition) is 8. The fourth-order valence-electron chi connectivity index (χ4n) is 7.38. The Kier molecular flexibility index (Phi) is 20.0. The molecular weight excluding hydrogens is 793 g/mol. The molecule has 0 spiro atoms. The van der Waals surface area contributed by atoms with Crippen molar-refractivity contribution in [1.29, 1.82) is 0 Å². The van der Waals surface area contributed by atoms with Gasteiger partial charge in [0.05, 0.1) is 36.4 Å². The van der Waals surface area contributed by atoms with Gasteiger partial charge in [0.15, 0.2) is 0 Å². The summed E-state index contributed by atoms with van der Waals surface area (Å²) in [4.78, 5) is 94.7. The van der Waals surface area contributed by atoms with E-state index in [1.165, 1.54) is 6.92 Å². The molecule has 4 bridgehead atoms. The van der Waals surface area contributed by atoms with Crippen molar-refractivity contribution in [3.05, 3.63) is 36.5 Å². The molecule has 0 radical (unpaired) electrons. The molecule has 11 atom stereocenters. The lowest BCUT2D eigenvalue weighted by Crippen LogP contribution is -2.59. The highest BCUT2D eigenvalue weighted by atomic mass is 16.7. The zero-order chi connectivity index (χ0) is 45.4. The van der Waals surface area contributed by atoms with Crippen molar-refractivity contribution < 1.29 is 58.0 Å². The van der Waals surface area contributed by atoms with Gasteiger partial charge in [-0.2, -0.15) is 0 Å². The topological polar surface area (TPSA) is 274 Å². The first-order chi connectivity index (χ1) is 28.7. The van der Waals surface area contributed by atoms with Gasteiger partial charge in [0, 0.05) is 19.4 Å². The van der Waals surface area contributed by atoms with Crippen molar-refractivity contribution in [1.82, 2.24) is 26.6 Å². The molecule has 2 fully saturated rings. The van der Waals surface area contributed by atoms with E-state index in [1.54, 1.807) is 64.2 Å². The first kappa shape index (κ1) is 50.7. The van der Waals surface area contributed by atoms with E-state index < -0.39 is 114 Å². The average molecular weight is 861 g/mol. The number of hydrogen-bond acceptors (Lipinski definition) is 12. The quantitative estimate of drug-likeness (QED) is 0.173. The van der Waals surface area contributed by atoms with Crippen molar-refractivity contribution in [3.63, 3.8) is 0 Å².